The summed E-state index contributed by atoms with van der Waals surface area (Å²) in [6, 6.07) is 15.0. The van der Waals surface area contributed by atoms with Crippen molar-refractivity contribution < 1.29 is 14.3 Å². The van der Waals surface area contributed by atoms with Crippen LogP contribution in [0.2, 0.25) is 5.02 Å². The maximum Gasteiger partial charge on any atom is 0.331 e. The first kappa shape index (κ1) is 20.3. The molecule has 0 spiro atoms. The molecule has 0 aliphatic heterocycles. The Morgan fingerprint density at radius 3 is 2.76 bits per heavy atom. The summed E-state index contributed by atoms with van der Waals surface area (Å²) in [4.78, 5) is 23.8. The van der Waals surface area contributed by atoms with E-state index in [0.29, 0.717) is 22.9 Å². The van der Waals surface area contributed by atoms with Gasteiger partial charge in [-0.15, -0.1) is 5.10 Å². The van der Waals surface area contributed by atoms with Crippen molar-refractivity contribution in [3.8, 4) is 0 Å². The average molecular weight is 411 g/mol. The molecule has 0 aliphatic carbocycles. The predicted octanol–water partition coefficient (Wildman–Crippen LogP) is 3.48. The minimum Gasteiger partial charge on any atom is -0.452 e. The fourth-order valence-electron chi connectivity index (χ4n) is 2.50. The fourth-order valence-corrected chi connectivity index (χ4v) is 2.68. The molecule has 148 valence electrons. The lowest BCUT2D eigenvalue weighted by Gasteiger charge is -2.09. The van der Waals surface area contributed by atoms with Gasteiger partial charge in [0.15, 0.2) is 6.61 Å². The Kier molecular flexibility index (Phi) is 6.76. The first-order valence-electron chi connectivity index (χ1n) is 8.85. The third-order valence-corrected chi connectivity index (χ3v) is 4.43. The summed E-state index contributed by atoms with van der Waals surface area (Å²) in [6.07, 6.45) is 4.40. The highest BCUT2D eigenvalue weighted by atomic mass is 35.5. The lowest BCUT2D eigenvalue weighted by atomic mass is 10.2. The van der Waals surface area contributed by atoms with Gasteiger partial charge in [0, 0.05) is 16.8 Å². The van der Waals surface area contributed by atoms with Crippen LogP contribution in [0.3, 0.4) is 0 Å². The first-order chi connectivity index (χ1) is 14.0. The second-order valence-corrected chi connectivity index (χ2v) is 6.64. The van der Waals surface area contributed by atoms with Crippen LogP contribution in [0, 0.1) is 6.92 Å². The number of rotatable bonds is 7. The van der Waals surface area contributed by atoms with E-state index >= 15 is 0 Å². The van der Waals surface area contributed by atoms with E-state index in [1.807, 2.05) is 30.3 Å². The topological polar surface area (TPSA) is 86.1 Å². The van der Waals surface area contributed by atoms with E-state index < -0.39 is 18.5 Å². The summed E-state index contributed by atoms with van der Waals surface area (Å²) in [7, 11) is 0. The number of nitrogens with zero attached hydrogens (tertiary/aromatic N) is 3. The molecule has 0 saturated carbocycles. The van der Waals surface area contributed by atoms with E-state index in [4.69, 9.17) is 16.3 Å². The Balaban J connectivity index is 1.47. The van der Waals surface area contributed by atoms with E-state index in [0.717, 1.165) is 11.1 Å². The van der Waals surface area contributed by atoms with Crippen LogP contribution in [0.15, 0.2) is 60.8 Å². The van der Waals surface area contributed by atoms with Crippen molar-refractivity contribution >= 4 is 35.2 Å². The molecule has 0 aliphatic rings. The third kappa shape index (κ3) is 6.02. The highest BCUT2D eigenvalue weighted by Gasteiger charge is 2.09. The number of hydrogen-bond acceptors (Lipinski definition) is 5. The van der Waals surface area contributed by atoms with Crippen LogP contribution in [0.25, 0.3) is 6.08 Å². The number of nitrogens with one attached hydrogen (secondary N) is 1. The zero-order chi connectivity index (χ0) is 20.6. The minimum atomic E-state index is -0.652. The highest BCUT2D eigenvalue weighted by molar-refractivity contribution is 6.31. The van der Waals surface area contributed by atoms with Crippen molar-refractivity contribution in [1.29, 1.82) is 0 Å². The number of carbonyl (C=O) groups is 2. The van der Waals surface area contributed by atoms with Crippen LogP contribution in [-0.4, -0.2) is 33.5 Å². The van der Waals surface area contributed by atoms with Crippen molar-refractivity contribution in [2.45, 2.75) is 13.5 Å². The summed E-state index contributed by atoms with van der Waals surface area (Å²) < 4.78 is 6.61. The van der Waals surface area contributed by atoms with Gasteiger partial charge in [-0.2, -0.15) is 0 Å². The van der Waals surface area contributed by atoms with Gasteiger partial charge in [-0.3, -0.25) is 4.79 Å². The number of carbonyl (C=O) groups excluding carboxylic acids is 2. The van der Waals surface area contributed by atoms with Crippen molar-refractivity contribution in [3.63, 3.8) is 0 Å². The molecule has 0 saturated heterocycles. The Labute approximate surface area is 172 Å². The van der Waals surface area contributed by atoms with Gasteiger partial charge in [-0.25, -0.2) is 9.48 Å². The van der Waals surface area contributed by atoms with Crippen LogP contribution >= 0.6 is 11.6 Å². The first-order valence-corrected chi connectivity index (χ1v) is 9.23. The molecule has 1 heterocycles. The van der Waals surface area contributed by atoms with E-state index in [9.17, 15) is 9.59 Å². The van der Waals surface area contributed by atoms with Gasteiger partial charge in [0.2, 0.25) is 0 Å². The van der Waals surface area contributed by atoms with E-state index in [1.165, 1.54) is 12.2 Å². The molecular formula is C21H19ClN4O3. The number of aromatic nitrogens is 3. The van der Waals surface area contributed by atoms with Crippen LogP contribution in [0.4, 0.5) is 5.69 Å². The van der Waals surface area contributed by atoms with Crippen molar-refractivity contribution in [2.24, 2.45) is 0 Å². The number of ether oxygens (including phenoxy) is 1. The van der Waals surface area contributed by atoms with E-state index in [2.05, 4.69) is 15.6 Å². The van der Waals surface area contributed by atoms with Crippen molar-refractivity contribution in [3.05, 3.63) is 82.6 Å². The van der Waals surface area contributed by atoms with Gasteiger partial charge < -0.3 is 10.1 Å². The van der Waals surface area contributed by atoms with Crippen LogP contribution in [0.5, 0.6) is 0 Å². The molecule has 0 atom stereocenters. The maximum absolute atomic E-state index is 12.0. The fraction of sp³-hybridized carbons (Fsp3) is 0.143. The van der Waals surface area contributed by atoms with Gasteiger partial charge in [0.25, 0.3) is 5.91 Å². The summed E-state index contributed by atoms with van der Waals surface area (Å²) in [5.74, 6) is -1.11. The number of hydrogen-bond donors (Lipinski definition) is 1. The smallest absolute Gasteiger partial charge is 0.331 e. The molecule has 0 fully saturated rings. The zero-order valence-electron chi connectivity index (χ0n) is 15.7. The van der Waals surface area contributed by atoms with Crippen LogP contribution in [-0.2, 0) is 20.9 Å². The quantitative estimate of drug-likeness (QED) is 0.476. The monoisotopic (exact) mass is 410 g/mol. The number of anilines is 1. The van der Waals surface area contributed by atoms with Crippen LogP contribution < -0.4 is 5.32 Å². The summed E-state index contributed by atoms with van der Waals surface area (Å²) in [5.41, 5.74) is 2.92. The van der Waals surface area contributed by atoms with Crippen molar-refractivity contribution in [1.82, 2.24) is 15.0 Å². The molecule has 1 aromatic heterocycles. The second-order valence-electron chi connectivity index (χ2n) is 6.23. The number of esters is 1. The Morgan fingerprint density at radius 2 is 1.97 bits per heavy atom. The van der Waals surface area contributed by atoms with Gasteiger partial charge in [-0.05, 0) is 36.3 Å². The summed E-state index contributed by atoms with van der Waals surface area (Å²) in [6.45, 7) is 1.96. The molecule has 8 heteroatoms. The number of halogens is 1. The molecule has 0 bridgehead atoms. The SMILES string of the molecule is Cc1c(Cl)cccc1NC(=O)COC(=O)/C=C/c1cn(Cc2ccccc2)nn1. The maximum atomic E-state index is 12.0. The predicted molar refractivity (Wildman–Crippen MR) is 110 cm³/mol. The summed E-state index contributed by atoms with van der Waals surface area (Å²) >= 11 is 6.01. The summed E-state index contributed by atoms with van der Waals surface area (Å²) in [5, 5.41) is 11.2. The molecule has 0 radical (unpaired) electrons. The van der Waals surface area contributed by atoms with Gasteiger partial charge in [0.1, 0.15) is 5.69 Å². The molecule has 7 nitrogen and oxygen atoms in total. The van der Waals surface area contributed by atoms with E-state index in [1.54, 1.807) is 36.0 Å². The normalized spacial score (nSPS) is 10.8. The second kappa shape index (κ2) is 9.66. The minimum absolute atomic E-state index is 0.407. The zero-order valence-corrected chi connectivity index (χ0v) is 16.5. The average Bonchev–Trinajstić information content (AvgIpc) is 3.16. The van der Waals surface area contributed by atoms with E-state index in [-0.39, 0.29) is 0 Å². The third-order valence-electron chi connectivity index (χ3n) is 4.02. The number of benzene rings is 2. The van der Waals surface area contributed by atoms with Crippen molar-refractivity contribution in [2.75, 3.05) is 11.9 Å². The molecule has 1 N–H and O–H groups in total. The lowest BCUT2D eigenvalue weighted by molar-refractivity contribution is -0.142. The Morgan fingerprint density at radius 1 is 1.17 bits per heavy atom. The standard InChI is InChI=1S/C21H19ClN4O3/c1-15-18(22)8-5-9-19(15)23-20(27)14-29-21(28)11-10-17-13-26(25-24-17)12-16-6-3-2-4-7-16/h2-11,13H,12,14H2,1H3,(H,23,27)/b11-10+. The molecular weight excluding hydrogens is 392 g/mol. The largest absolute Gasteiger partial charge is 0.452 e. The molecule has 0 unspecified atom stereocenters. The Bertz CT molecular complexity index is 1030. The lowest BCUT2D eigenvalue weighted by Crippen LogP contribution is -2.20. The molecule has 3 aromatic rings. The molecule has 3 rings (SSSR count). The molecule has 29 heavy (non-hydrogen) atoms. The van der Waals surface area contributed by atoms with Gasteiger partial charge in [-0.1, -0.05) is 53.2 Å². The number of amides is 1. The van der Waals surface area contributed by atoms with Crippen LogP contribution in [0.1, 0.15) is 16.8 Å². The highest BCUT2D eigenvalue weighted by Crippen LogP contribution is 2.22. The molecule has 2 aromatic carbocycles. The molecule has 1 amide bonds. The van der Waals surface area contributed by atoms with Gasteiger partial charge in [0.05, 0.1) is 12.7 Å². The Hall–Kier alpha value is -3.45. The van der Waals surface area contributed by atoms with Gasteiger partial charge >= 0.3 is 5.97 Å².